The predicted octanol–water partition coefficient (Wildman–Crippen LogP) is 2.92. The number of carbonyl (C=O) groups is 3. The Morgan fingerprint density at radius 3 is 1.92 bits per heavy atom. The molecule has 3 aromatic carbocycles. The first-order valence-corrected chi connectivity index (χ1v) is 13.2. The predicted molar refractivity (Wildman–Crippen MR) is 151 cm³/mol. The topological polar surface area (TPSA) is 139 Å². The van der Waals surface area contributed by atoms with E-state index in [1.54, 1.807) is 12.1 Å². The van der Waals surface area contributed by atoms with Gasteiger partial charge in [0.1, 0.15) is 17.8 Å². The molecule has 0 spiro atoms. The number of phenols is 1. The number of hydrogen-bond donors (Lipinski definition) is 4. The van der Waals surface area contributed by atoms with Gasteiger partial charge < -0.3 is 26.8 Å². The number of carbonyl (C=O) groups excluding carboxylic acids is 3. The van der Waals surface area contributed by atoms with Crippen LogP contribution in [0.2, 0.25) is 0 Å². The van der Waals surface area contributed by atoms with Gasteiger partial charge in [0.25, 0.3) is 0 Å². The van der Waals surface area contributed by atoms with E-state index in [9.17, 15) is 19.5 Å². The molecular formula is C31H38N4O4. The summed E-state index contributed by atoms with van der Waals surface area (Å²) in [7, 11) is 0. The van der Waals surface area contributed by atoms with E-state index in [1.807, 2.05) is 74.5 Å². The molecule has 0 aliphatic carbocycles. The number of benzene rings is 3. The zero-order valence-corrected chi connectivity index (χ0v) is 22.5. The number of nitrogens with zero attached hydrogens (tertiary/aromatic N) is 1. The van der Waals surface area contributed by atoms with Gasteiger partial charge in [0.2, 0.25) is 17.7 Å². The summed E-state index contributed by atoms with van der Waals surface area (Å²) in [5, 5.41) is 12.6. The van der Waals surface area contributed by atoms with Gasteiger partial charge in [-0.25, -0.2) is 0 Å². The summed E-state index contributed by atoms with van der Waals surface area (Å²) in [6, 6.07) is 22.4. The van der Waals surface area contributed by atoms with Crippen molar-refractivity contribution in [3.63, 3.8) is 0 Å². The molecule has 3 amide bonds. The highest BCUT2D eigenvalue weighted by molar-refractivity contribution is 5.93. The molecule has 6 N–H and O–H groups in total. The van der Waals surface area contributed by atoms with Crippen LogP contribution in [-0.2, 0) is 33.8 Å². The second-order valence-electron chi connectivity index (χ2n) is 9.91. The number of primary amides is 1. The lowest BCUT2D eigenvalue weighted by Crippen LogP contribution is -2.58. The Bertz CT molecular complexity index is 1220. The lowest BCUT2D eigenvalue weighted by Gasteiger charge is -2.36. The van der Waals surface area contributed by atoms with Crippen LogP contribution in [0.4, 0.5) is 0 Å². The molecule has 8 heteroatoms. The van der Waals surface area contributed by atoms with Crippen LogP contribution in [0, 0.1) is 5.92 Å². The van der Waals surface area contributed by atoms with Crippen LogP contribution in [0.25, 0.3) is 0 Å². The van der Waals surface area contributed by atoms with Crippen molar-refractivity contribution in [1.29, 1.82) is 0 Å². The fraction of sp³-hybridized carbons (Fsp3) is 0.323. The molecule has 8 nitrogen and oxygen atoms in total. The van der Waals surface area contributed by atoms with Gasteiger partial charge in [-0.15, -0.1) is 0 Å². The first-order chi connectivity index (χ1) is 18.7. The van der Waals surface area contributed by atoms with Gasteiger partial charge in [0.15, 0.2) is 0 Å². The van der Waals surface area contributed by atoms with Gasteiger partial charge >= 0.3 is 0 Å². The SMILES string of the molecule is CC[C@H](C)[C@@H](C(N)=O)N(Cc1ccccc1)C(=O)[C@H](Cc1ccc(O)cc1)NC(=O)[C@@H](N)Cc1ccccc1. The van der Waals surface area contributed by atoms with Crippen molar-refractivity contribution in [2.45, 2.75) is 57.8 Å². The maximum absolute atomic E-state index is 14.2. The maximum Gasteiger partial charge on any atom is 0.246 e. The molecule has 3 aromatic rings. The van der Waals surface area contributed by atoms with E-state index in [4.69, 9.17) is 11.5 Å². The van der Waals surface area contributed by atoms with E-state index in [0.29, 0.717) is 12.8 Å². The third kappa shape index (κ3) is 8.41. The Kier molecular flexibility index (Phi) is 10.6. The highest BCUT2D eigenvalue weighted by atomic mass is 16.3. The van der Waals surface area contributed by atoms with Crippen LogP contribution in [0.1, 0.15) is 37.0 Å². The lowest BCUT2D eigenvalue weighted by molar-refractivity contribution is -0.145. The average Bonchev–Trinajstić information content (AvgIpc) is 2.93. The number of nitrogens with one attached hydrogen (secondary N) is 1. The molecule has 0 heterocycles. The van der Waals surface area contributed by atoms with Gasteiger partial charge in [-0.2, -0.15) is 0 Å². The van der Waals surface area contributed by atoms with Gasteiger partial charge in [0.05, 0.1) is 6.04 Å². The second kappa shape index (κ2) is 14.1. The molecule has 4 atom stereocenters. The Morgan fingerprint density at radius 1 is 0.846 bits per heavy atom. The van der Waals surface area contributed by atoms with Crippen molar-refractivity contribution in [3.8, 4) is 5.75 Å². The van der Waals surface area contributed by atoms with Crippen LogP contribution < -0.4 is 16.8 Å². The molecule has 0 saturated carbocycles. The molecule has 3 rings (SSSR count). The number of nitrogens with two attached hydrogens (primary N) is 2. The highest BCUT2D eigenvalue weighted by Crippen LogP contribution is 2.21. The molecule has 39 heavy (non-hydrogen) atoms. The Morgan fingerprint density at radius 2 is 1.38 bits per heavy atom. The molecule has 0 radical (unpaired) electrons. The molecule has 0 unspecified atom stereocenters. The number of phenolic OH excluding ortho intramolecular Hbond substituents is 1. The number of aromatic hydroxyl groups is 1. The summed E-state index contributed by atoms with van der Waals surface area (Å²) in [5.41, 5.74) is 14.5. The first kappa shape index (κ1) is 29.4. The summed E-state index contributed by atoms with van der Waals surface area (Å²) in [6.45, 7) is 3.96. The normalized spacial score (nSPS) is 14.0. The Labute approximate surface area is 230 Å². The third-order valence-corrected chi connectivity index (χ3v) is 6.92. The quantitative estimate of drug-likeness (QED) is 0.269. The fourth-order valence-corrected chi connectivity index (χ4v) is 4.57. The second-order valence-corrected chi connectivity index (χ2v) is 9.91. The molecule has 0 saturated heterocycles. The average molecular weight is 531 g/mol. The van der Waals surface area contributed by atoms with E-state index in [-0.39, 0.29) is 24.6 Å². The highest BCUT2D eigenvalue weighted by Gasteiger charge is 2.36. The fourth-order valence-electron chi connectivity index (χ4n) is 4.57. The molecular weight excluding hydrogens is 492 g/mol. The Balaban J connectivity index is 1.94. The molecule has 0 aliphatic rings. The summed E-state index contributed by atoms with van der Waals surface area (Å²) < 4.78 is 0. The summed E-state index contributed by atoms with van der Waals surface area (Å²) in [5.74, 6) is -1.64. The first-order valence-electron chi connectivity index (χ1n) is 13.2. The zero-order valence-electron chi connectivity index (χ0n) is 22.5. The minimum atomic E-state index is -1.02. The van der Waals surface area contributed by atoms with Gasteiger partial charge in [-0.1, -0.05) is 93.1 Å². The number of rotatable bonds is 13. The zero-order chi connectivity index (χ0) is 28.4. The van der Waals surface area contributed by atoms with E-state index in [1.165, 1.54) is 17.0 Å². The summed E-state index contributed by atoms with van der Waals surface area (Å²) in [4.78, 5) is 41.6. The van der Waals surface area contributed by atoms with E-state index in [0.717, 1.165) is 16.7 Å². The smallest absolute Gasteiger partial charge is 0.246 e. The Hall–Kier alpha value is -4.17. The van der Waals surface area contributed by atoms with E-state index < -0.39 is 35.8 Å². The minimum absolute atomic E-state index is 0.0896. The van der Waals surface area contributed by atoms with Crippen LogP contribution in [-0.4, -0.2) is 45.9 Å². The van der Waals surface area contributed by atoms with Crippen molar-refractivity contribution in [2.24, 2.45) is 17.4 Å². The number of hydrogen-bond acceptors (Lipinski definition) is 5. The van der Waals surface area contributed by atoms with Gasteiger partial charge in [-0.05, 0) is 41.2 Å². The summed E-state index contributed by atoms with van der Waals surface area (Å²) >= 11 is 0. The summed E-state index contributed by atoms with van der Waals surface area (Å²) in [6.07, 6.45) is 1.07. The molecule has 0 aliphatic heterocycles. The molecule has 0 aromatic heterocycles. The van der Waals surface area contributed by atoms with Crippen molar-refractivity contribution in [3.05, 3.63) is 102 Å². The van der Waals surface area contributed by atoms with Crippen LogP contribution in [0.5, 0.6) is 5.75 Å². The van der Waals surface area contributed by atoms with Crippen LogP contribution in [0.3, 0.4) is 0 Å². The molecule has 206 valence electrons. The van der Waals surface area contributed by atoms with E-state index in [2.05, 4.69) is 5.32 Å². The monoisotopic (exact) mass is 530 g/mol. The van der Waals surface area contributed by atoms with Gasteiger partial charge in [0, 0.05) is 13.0 Å². The minimum Gasteiger partial charge on any atom is -0.508 e. The van der Waals surface area contributed by atoms with Crippen molar-refractivity contribution >= 4 is 17.7 Å². The van der Waals surface area contributed by atoms with Crippen molar-refractivity contribution < 1.29 is 19.5 Å². The maximum atomic E-state index is 14.2. The van der Waals surface area contributed by atoms with Crippen molar-refractivity contribution in [1.82, 2.24) is 10.2 Å². The van der Waals surface area contributed by atoms with Crippen LogP contribution >= 0.6 is 0 Å². The third-order valence-electron chi connectivity index (χ3n) is 6.92. The molecule has 0 bridgehead atoms. The van der Waals surface area contributed by atoms with E-state index >= 15 is 0 Å². The standard InChI is InChI=1S/C31H38N4O4/c1-3-21(2)28(29(33)37)35(20-24-12-8-5-9-13-24)31(39)27(19-23-14-16-25(36)17-15-23)34-30(38)26(32)18-22-10-6-4-7-11-22/h4-17,21,26-28,36H,3,18-20,32H2,1-2H3,(H2,33,37)(H,34,38)/t21-,26-,27-,28-/m0/s1. The number of amides is 3. The molecule has 0 fully saturated rings. The van der Waals surface area contributed by atoms with Crippen molar-refractivity contribution in [2.75, 3.05) is 0 Å². The largest absolute Gasteiger partial charge is 0.508 e. The van der Waals surface area contributed by atoms with Crippen LogP contribution in [0.15, 0.2) is 84.9 Å². The lowest BCUT2D eigenvalue weighted by atomic mass is 9.94. The van der Waals surface area contributed by atoms with Gasteiger partial charge in [-0.3, -0.25) is 14.4 Å².